The number of phosphoric acid groups is 2. The molecule has 17 nitrogen and oxygen atoms in total. The Labute approximate surface area is 549 Å². The number of ether oxygens (including phenoxy) is 4. The van der Waals surface area contributed by atoms with Crippen LogP contribution in [-0.4, -0.2) is 96.7 Å². The summed E-state index contributed by atoms with van der Waals surface area (Å²) in [4.78, 5) is 72.3. The number of hydrogen-bond donors (Lipinski definition) is 3. The van der Waals surface area contributed by atoms with Crippen LogP contribution in [0.1, 0.15) is 357 Å². The van der Waals surface area contributed by atoms with Crippen molar-refractivity contribution >= 4 is 39.5 Å². The van der Waals surface area contributed by atoms with Gasteiger partial charge in [0.1, 0.15) is 19.3 Å². The van der Waals surface area contributed by atoms with Crippen LogP contribution in [0.15, 0.2) is 0 Å². The number of aliphatic hydroxyl groups is 1. The molecular weight excluding hydrogens is 1190 g/mol. The highest BCUT2D eigenvalue weighted by Gasteiger charge is 2.30. The monoisotopic (exact) mass is 1320 g/mol. The van der Waals surface area contributed by atoms with Crippen molar-refractivity contribution in [1.82, 2.24) is 0 Å². The number of carbonyl (C=O) groups excluding carboxylic acids is 4. The van der Waals surface area contributed by atoms with Gasteiger partial charge in [0.2, 0.25) is 0 Å². The Balaban J connectivity index is 5.14. The maximum atomic E-state index is 13.0. The molecule has 0 aromatic rings. The number of hydrogen-bond acceptors (Lipinski definition) is 15. The van der Waals surface area contributed by atoms with Gasteiger partial charge in [-0.1, -0.05) is 305 Å². The summed E-state index contributed by atoms with van der Waals surface area (Å²) in [6.07, 6.45) is 46.3. The summed E-state index contributed by atoms with van der Waals surface area (Å²) in [5.41, 5.74) is 0. The van der Waals surface area contributed by atoms with Gasteiger partial charge >= 0.3 is 39.5 Å². The lowest BCUT2D eigenvalue weighted by Gasteiger charge is -2.21. The molecule has 0 saturated carbocycles. The van der Waals surface area contributed by atoms with Gasteiger partial charge < -0.3 is 33.8 Å². The van der Waals surface area contributed by atoms with Crippen molar-refractivity contribution < 1.29 is 80.2 Å². The highest BCUT2D eigenvalue weighted by Crippen LogP contribution is 2.45. The number of esters is 4. The molecule has 2 unspecified atom stereocenters. The topological polar surface area (TPSA) is 237 Å². The second-order valence-corrected chi connectivity index (χ2v) is 30.0. The van der Waals surface area contributed by atoms with E-state index in [0.29, 0.717) is 31.6 Å². The lowest BCUT2D eigenvalue weighted by atomic mass is 10.0. The standard InChI is InChI=1S/C71H138O17P2/c1-8-9-10-11-28-38-45-52-68(73)81-58-67(88-71(76)55-48-41-34-33-37-44-51-64(6)7)61-86-90(79,80)84-57-65(72)56-83-89(77,78)85-60-66(59-82-69(74)53-46-39-31-26-23-22-25-30-36-43-50-63(4)5)87-70(75)54-47-40-32-27-21-19-17-15-13-12-14-16-18-20-24-29-35-42-49-62(2)3/h62-67,72H,8-61H2,1-7H3,(H,77,78)(H,79,80)/t65-,66-,67-/m1/s1. The molecule has 19 heteroatoms. The number of phosphoric ester groups is 2. The first-order chi connectivity index (χ1) is 43.2. The van der Waals surface area contributed by atoms with Gasteiger partial charge in [-0.15, -0.1) is 0 Å². The molecule has 0 heterocycles. The zero-order valence-corrected chi connectivity index (χ0v) is 60.4. The van der Waals surface area contributed by atoms with Crippen molar-refractivity contribution in [3.05, 3.63) is 0 Å². The number of unbranched alkanes of at least 4 members (excludes halogenated alkanes) is 37. The Kier molecular flexibility index (Phi) is 60.6. The van der Waals surface area contributed by atoms with Crippen LogP contribution >= 0.6 is 15.6 Å². The first-order valence-electron chi connectivity index (χ1n) is 36.8. The van der Waals surface area contributed by atoms with Gasteiger partial charge in [-0.2, -0.15) is 0 Å². The average Bonchev–Trinajstić information content (AvgIpc) is 3.63. The Morgan fingerprint density at radius 3 is 0.756 bits per heavy atom. The molecule has 0 rings (SSSR count). The third-order valence-electron chi connectivity index (χ3n) is 16.4. The SMILES string of the molecule is CCCCCCCCCC(=O)OC[C@H](COP(=O)(O)OC[C@H](O)COP(=O)(O)OC[C@@H](COC(=O)CCCCCCCCCCCCC(C)C)OC(=O)CCCCCCCCCCCCCCCCCCCCC(C)C)OC(=O)CCCCCCCCC(C)C. The highest BCUT2D eigenvalue weighted by molar-refractivity contribution is 7.47. The molecule has 0 aromatic carbocycles. The predicted octanol–water partition coefficient (Wildman–Crippen LogP) is 20.2. The molecule has 3 N–H and O–H groups in total. The fraction of sp³-hybridized carbons (Fsp3) is 0.944. The van der Waals surface area contributed by atoms with E-state index < -0.39 is 97.5 Å². The Hall–Kier alpha value is -1.94. The quantitative estimate of drug-likeness (QED) is 0.0222. The fourth-order valence-corrected chi connectivity index (χ4v) is 12.3. The summed E-state index contributed by atoms with van der Waals surface area (Å²) in [5, 5.41) is 10.6. The predicted molar refractivity (Wildman–Crippen MR) is 363 cm³/mol. The van der Waals surface area contributed by atoms with Crippen molar-refractivity contribution in [2.24, 2.45) is 17.8 Å². The molecule has 5 atom stereocenters. The van der Waals surface area contributed by atoms with E-state index >= 15 is 0 Å². The van der Waals surface area contributed by atoms with E-state index in [9.17, 15) is 43.2 Å². The largest absolute Gasteiger partial charge is 0.472 e. The van der Waals surface area contributed by atoms with E-state index in [1.807, 2.05) is 0 Å². The molecule has 0 aliphatic rings. The van der Waals surface area contributed by atoms with Gasteiger partial charge in [0.05, 0.1) is 26.4 Å². The van der Waals surface area contributed by atoms with Gasteiger partial charge in [-0.25, -0.2) is 9.13 Å². The number of rotatable bonds is 69. The Morgan fingerprint density at radius 1 is 0.300 bits per heavy atom. The van der Waals surface area contributed by atoms with Crippen molar-refractivity contribution in [2.75, 3.05) is 39.6 Å². The molecule has 0 saturated heterocycles. The molecule has 534 valence electrons. The summed E-state index contributed by atoms with van der Waals surface area (Å²) in [5.74, 6) is 0.114. The second kappa shape index (κ2) is 61.9. The van der Waals surface area contributed by atoms with Crippen molar-refractivity contribution in [2.45, 2.75) is 375 Å². The lowest BCUT2D eigenvalue weighted by Crippen LogP contribution is -2.30. The Bertz CT molecular complexity index is 1770. The van der Waals surface area contributed by atoms with Gasteiger partial charge in [-0.3, -0.25) is 37.3 Å². The minimum absolute atomic E-state index is 0.102. The van der Waals surface area contributed by atoms with Crippen LogP contribution in [0, 0.1) is 17.8 Å². The van der Waals surface area contributed by atoms with Crippen LogP contribution in [-0.2, 0) is 65.4 Å². The van der Waals surface area contributed by atoms with E-state index in [1.54, 1.807) is 0 Å². The van der Waals surface area contributed by atoms with E-state index in [2.05, 4.69) is 48.5 Å². The van der Waals surface area contributed by atoms with Crippen LogP contribution in [0.25, 0.3) is 0 Å². The van der Waals surface area contributed by atoms with E-state index in [1.165, 1.54) is 154 Å². The van der Waals surface area contributed by atoms with E-state index in [0.717, 1.165) is 115 Å². The van der Waals surface area contributed by atoms with Crippen molar-refractivity contribution in [3.8, 4) is 0 Å². The molecular formula is C71H138O17P2. The van der Waals surface area contributed by atoms with Crippen molar-refractivity contribution in [1.29, 1.82) is 0 Å². The summed E-state index contributed by atoms with van der Waals surface area (Å²) >= 11 is 0. The molecule has 90 heavy (non-hydrogen) atoms. The molecule has 0 bridgehead atoms. The van der Waals surface area contributed by atoms with Crippen LogP contribution in [0.5, 0.6) is 0 Å². The number of aliphatic hydroxyl groups excluding tert-OH is 1. The minimum Gasteiger partial charge on any atom is -0.462 e. The van der Waals surface area contributed by atoms with Crippen LogP contribution in [0.4, 0.5) is 0 Å². The molecule has 0 spiro atoms. The smallest absolute Gasteiger partial charge is 0.462 e. The molecule has 0 fully saturated rings. The average molecular weight is 1330 g/mol. The molecule has 0 aliphatic heterocycles. The number of carbonyl (C=O) groups is 4. The molecule has 0 amide bonds. The molecule has 0 radical (unpaired) electrons. The van der Waals surface area contributed by atoms with Gasteiger partial charge in [0.25, 0.3) is 0 Å². The zero-order chi connectivity index (χ0) is 66.6. The summed E-state index contributed by atoms with van der Waals surface area (Å²) in [7, 11) is -9.89. The first kappa shape index (κ1) is 88.1. The van der Waals surface area contributed by atoms with Crippen LogP contribution < -0.4 is 0 Å². The lowest BCUT2D eigenvalue weighted by molar-refractivity contribution is -0.161. The normalized spacial score (nSPS) is 14.2. The van der Waals surface area contributed by atoms with Crippen LogP contribution in [0.2, 0.25) is 0 Å². The minimum atomic E-state index is -4.95. The summed E-state index contributed by atoms with van der Waals surface area (Å²) in [6.45, 7) is 11.7. The third kappa shape index (κ3) is 64.8. The second-order valence-electron chi connectivity index (χ2n) is 27.1. The maximum absolute atomic E-state index is 13.0. The summed E-state index contributed by atoms with van der Waals surface area (Å²) < 4.78 is 68.1. The van der Waals surface area contributed by atoms with Gasteiger partial charge in [0, 0.05) is 25.7 Å². The highest BCUT2D eigenvalue weighted by atomic mass is 31.2. The molecule has 0 aromatic heterocycles. The van der Waals surface area contributed by atoms with Crippen molar-refractivity contribution in [3.63, 3.8) is 0 Å². The van der Waals surface area contributed by atoms with E-state index in [4.69, 9.17) is 37.0 Å². The first-order valence-corrected chi connectivity index (χ1v) is 39.8. The summed E-state index contributed by atoms with van der Waals surface area (Å²) in [6, 6.07) is 0. The Morgan fingerprint density at radius 2 is 0.511 bits per heavy atom. The van der Waals surface area contributed by atoms with Gasteiger partial charge in [0.15, 0.2) is 12.2 Å². The third-order valence-corrected chi connectivity index (χ3v) is 18.3. The maximum Gasteiger partial charge on any atom is 0.472 e. The van der Waals surface area contributed by atoms with Gasteiger partial charge in [-0.05, 0) is 43.4 Å². The zero-order valence-electron chi connectivity index (χ0n) is 58.6. The van der Waals surface area contributed by atoms with Crippen LogP contribution in [0.3, 0.4) is 0 Å². The molecule has 0 aliphatic carbocycles. The fourth-order valence-electron chi connectivity index (χ4n) is 10.7. The van der Waals surface area contributed by atoms with E-state index in [-0.39, 0.29) is 25.7 Å².